The van der Waals surface area contributed by atoms with E-state index in [1.165, 1.54) is 12.1 Å². The van der Waals surface area contributed by atoms with Crippen LogP contribution in [-0.2, 0) is 6.18 Å². The van der Waals surface area contributed by atoms with Crippen LogP contribution in [0, 0.1) is 0 Å². The molecule has 2 nitrogen and oxygen atoms in total. The number of alkyl halides is 3. The molecule has 2 atom stereocenters. The highest BCUT2D eigenvalue weighted by Crippen LogP contribution is 2.32. The number of nitrogens with zero attached hydrogens (tertiary/aromatic N) is 1. The standard InChI is InChI=1S/C14H19F3N2/c1-10-9-19(7-6-18-10)11(2)12-4-3-5-13(8-12)14(15,16)17/h3-5,8,10-11,18H,6-7,9H2,1-2H3. The van der Waals surface area contributed by atoms with Gasteiger partial charge >= 0.3 is 6.18 Å². The van der Waals surface area contributed by atoms with Crippen molar-refractivity contribution in [2.75, 3.05) is 19.6 Å². The first kappa shape index (κ1) is 14.3. The summed E-state index contributed by atoms with van der Waals surface area (Å²) < 4.78 is 38.1. The molecule has 106 valence electrons. The predicted octanol–water partition coefficient (Wildman–Crippen LogP) is 3.06. The van der Waals surface area contributed by atoms with Crippen LogP contribution in [0.3, 0.4) is 0 Å². The van der Waals surface area contributed by atoms with E-state index in [0.29, 0.717) is 6.04 Å². The van der Waals surface area contributed by atoms with Crippen LogP contribution in [0.15, 0.2) is 24.3 Å². The third-order valence-corrected chi connectivity index (χ3v) is 3.64. The Balaban J connectivity index is 2.17. The lowest BCUT2D eigenvalue weighted by Crippen LogP contribution is -2.49. The zero-order valence-electron chi connectivity index (χ0n) is 11.2. The summed E-state index contributed by atoms with van der Waals surface area (Å²) in [6.07, 6.45) is -4.27. The first-order chi connectivity index (χ1) is 8.88. The highest BCUT2D eigenvalue weighted by atomic mass is 19.4. The zero-order chi connectivity index (χ0) is 14.0. The topological polar surface area (TPSA) is 15.3 Å². The normalized spacial score (nSPS) is 23.3. The van der Waals surface area contributed by atoms with E-state index in [0.717, 1.165) is 31.3 Å². The van der Waals surface area contributed by atoms with Gasteiger partial charge < -0.3 is 5.32 Å². The lowest BCUT2D eigenvalue weighted by atomic mass is 10.0. The average Bonchev–Trinajstić information content (AvgIpc) is 2.37. The Morgan fingerprint density at radius 2 is 2.11 bits per heavy atom. The van der Waals surface area contributed by atoms with Gasteiger partial charge in [0.15, 0.2) is 0 Å². The van der Waals surface area contributed by atoms with Gasteiger partial charge in [0.05, 0.1) is 5.56 Å². The largest absolute Gasteiger partial charge is 0.416 e. The number of halogens is 3. The Hall–Kier alpha value is -1.07. The van der Waals surface area contributed by atoms with Gasteiger partial charge in [0.1, 0.15) is 0 Å². The molecule has 0 radical (unpaired) electrons. The number of piperazine rings is 1. The van der Waals surface area contributed by atoms with Crippen molar-refractivity contribution in [1.82, 2.24) is 10.2 Å². The van der Waals surface area contributed by atoms with Crippen LogP contribution in [0.4, 0.5) is 13.2 Å². The van der Waals surface area contributed by atoms with E-state index >= 15 is 0 Å². The van der Waals surface area contributed by atoms with Gasteiger partial charge in [-0.1, -0.05) is 12.1 Å². The van der Waals surface area contributed by atoms with E-state index < -0.39 is 11.7 Å². The highest BCUT2D eigenvalue weighted by Gasteiger charge is 2.31. The summed E-state index contributed by atoms with van der Waals surface area (Å²) in [5, 5.41) is 3.33. The fourth-order valence-electron chi connectivity index (χ4n) is 2.50. The summed E-state index contributed by atoms with van der Waals surface area (Å²) >= 11 is 0. The average molecular weight is 272 g/mol. The van der Waals surface area contributed by atoms with Gasteiger partial charge in [-0.3, -0.25) is 4.90 Å². The van der Waals surface area contributed by atoms with Crippen LogP contribution in [0.25, 0.3) is 0 Å². The second kappa shape index (κ2) is 5.51. The third kappa shape index (κ3) is 3.48. The number of hydrogen-bond acceptors (Lipinski definition) is 2. The van der Waals surface area contributed by atoms with Crippen LogP contribution in [0.1, 0.15) is 31.0 Å². The minimum absolute atomic E-state index is 0.00634. The maximum atomic E-state index is 12.7. The van der Waals surface area contributed by atoms with E-state index in [4.69, 9.17) is 0 Å². The molecule has 0 saturated carbocycles. The summed E-state index contributed by atoms with van der Waals surface area (Å²) in [5.74, 6) is 0. The second-order valence-electron chi connectivity index (χ2n) is 5.15. The van der Waals surface area contributed by atoms with Gasteiger partial charge in [-0.05, 0) is 31.5 Å². The van der Waals surface area contributed by atoms with E-state index in [9.17, 15) is 13.2 Å². The van der Waals surface area contributed by atoms with Crippen LogP contribution >= 0.6 is 0 Å². The molecular weight excluding hydrogens is 253 g/mol. The number of benzene rings is 1. The summed E-state index contributed by atoms with van der Waals surface area (Å²) in [4.78, 5) is 2.22. The Morgan fingerprint density at radius 1 is 1.37 bits per heavy atom. The third-order valence-electron chi connectivity index (χ3n) is 3.64. The molecule has 1 fully saturated rings. The number of nitrogens with one attached hydrogen (secondary N) is 1. The van der Waals surface area contributed by atoms with E-state index in [2.05, 4.69) is 17.1 Å². The Labute approximate surface area is 111 Å². The first-order valence-electron chi connectivity index (χ1n) is 6.52. The Kier molecular flexibility index (Phi) is 4.16. The minimum Gasteiger partial charge on any atom is -0.312 e. The molecule has 1 saturated heterocycles. The zero-order valence-corrected chi connectivity index (χ0v) is 11.2. The molecule has 0 amide bonds. The van der Waals surface area contributed by atoms with Crippen molar-refractivity contribution < 1.29 is 13.2 Å². The molecule has 1 aromatic carbocycles. The number of hydrogen-bond donors (Lipinski definition) is 1. The molecule has 1 aliphatic heterocycles. The van der Waals surface area contributed by atoms with E-state index in [1.54, 1.807) is 6.07 Å². The van der Waals surface area contributed by atoms with Crippen molar-refractivity contribution >= 4 is 0 Å². The maximum absolute atomic E-state index is 12.7. The molecule has 1 N–H and O–H groups in total. The molecule has 2 unspecified atom stereocenters. The second-order valence-corrected chi connectivity index (χ2v) is 5.15. The molecule has 0 aliphatic carbocycles. The lowest BCUT2D eigenvalue weighted by Gasteiger charge is -2.36. The quantitative estimate of drug-likeness (QED) is 0.890. The number of rotatable bonds is 2. The Morgan fingerprint density at radius 3 is 2.74 bits per heavy atom. The van der Waals surface area contributed by atoms with Gasteiger partial charge in [0.2, 0.25) is 0 Å². The molecule has 0 aromatic heterocycles. The van der Waals surface area contributed by atoms with Crippen LogP contribution in [-0.4, -0.2) is 30.6 Å². The fraction of sp³-hybridized carbons (Fsp3) is 0.571. The van der Waals surface area contributed by atoms with E-state index in [1.807, 2.05) is 6.92 Å². The maximum Gasteiger partial charge on any atom is 0.416 e. The van der Waals surface area contributed by atoms with Crippen LogP contribution < -0.4 is 5.32 Å². The Bertz CT molecular complexity index is 431. The van der Waals surface area contributed by atoms with Gasteiger partial charge in [0.25, 0.3) is 0 Å². The summed E-state index contributed by atoms with van der Waals surface area (Å²) in [5.41, 5.74) is 0.156. The van der Waals surface area contributed by atoms with Gasteiger partial charge in [0, 0.05) is 31.7 Å². The summed E-state index contributed by atoms with van der Waals surface area (Å²) in [6.45, 7) is 6.65. The van der Waals surface area contributed by atoms with Gasteiger partial charge in [-0.25, -0.2) is 0 Å². The SMILES string of the molecule is CC1CN(C(C)c2cccc(C(F)(F)F)c2)CCN1. The van der Waals surface area contributed by atoms with Crippen molar-refractivity contribution in [2.45, 2.75) is 32.1 Å². The lowest BCUT2D eigenvalue weighted by molar-refractivity contribution is -0.137. The minimum atomic E-state index is -4.27. The van der Waals surface area contributed by atoms with Crippen molar-refractivity contribution in [3.63, 3.8) is 0 Å². The first-order valence-corrected chi connectivity index (χ1v) is 6.52. The van der Waals surface area contributed by atoms with Crippen molar-refractivity contribution in [3.8, 4) is 0 Å². The van der Waals surface area contributed by atoms with Gasteiger partial charge in [-0.2, -0.15) is 13.2 Å². The molecular formula is C14H19F3N2. The van der Waals surface area contributed by atoms with Crippen molar-refractivity contribution in [3.05, 3.63) is 35.4 Å². The molecule has 0 bridgehead atoms. The highest BCUT2D eigenvalue weighted by molar-refractivity contribution is 5.27. The fourth-order valence-corrected chi connectivity index (χ4v) is 2.50. The van der Waals surface area contributed by atoms with Crippen LogP contribution in [0.2, 0.25) is 0 Å². The van der Waals surface area contributed by atoms with Crippen molar-refractivity contribution in [1.29, 1.82) is 0 Å². The monoisotopic (exact) mass is 272 g/mol. The molecule has 1 heterocycles. The molecule has 0 spiro atoms. The molecule has 2 rings (SSSR count). The molecule has 1 aliphatic rings. The molecule has 5 heteroatoms. The molecule has 19 heavy (non-hydrogen) atoms. The summed E-state index contributed by atoms with van der Waals surface area (Å²) in [6, 6.07) is 6.02. The van der Waals surface area contributed by atoms with Crippen LogP contribution in [0.5, 0.6) is 0 Å². The van der Waals surface area contributed by atoms with E-state index in [-0.39, 0.29) is 6.04 Å². The predicted molar refractivity (Wildman–Crippen MR) is 68.9 cm³/mol. The van der Waals surface area contributed by atoms with Gasteiger partial charge in [-0.15, -0.1) is 0 Å². The smallest absolute Gasteiger partial charge is 0.312 e. The van der Waals surface area contributed by atoms with Crippen molar-refractivity contribution in [2.24, 2.45) is 0 Å². The molecule has 1 aromatic rings. The summed E-state index contributed by atoms with van der Waals surface area (Å²) in [7, 11) is 0.